The normalized spacial score (nSPS) is 21.7. The Labute approximate surface area is 189 Å². The molecule has 2 heterocycles. The summed E-state index contributed by atoms with van der Waals surface area (Å²) < 4.78 is 16.8. The third kappa shape index (κ3) is 4.12. The van der Waals surface area contributed by atoms with Crippen LogP contribution < -0.4 is 9.62 Å². The van der Waals surface area contributed by atoms with Crippen molar-refractivity contribution in [3.05, 3.63) is 51.9 Å². The number of aromatic nitrogens is 2. The molecule has 2 aromatic rings. The predicted octanol–water partition coefficient (Wildman–Crippen LogP) is 3.67. The number of benzene rings is 1. The van der Waals surface area contributed by atoms with Crippen LogP contribution in [-0.2, 0) is 24.4 Å². The van der Waals surface area contributed by atoms with E-state index in [1.165, 1.54) is 11.1 Å². The summed E-state index contributed by atoms with van der Waals surface area (Å²) >= 11 is 2.19. The highest BCUT2D eigenvalue weighted by atomic mass is 79.9. The maximum absolute atomic E-state index is 13.0. The van der Waals surface area contributed by atoms with Crippen LogP contribution in [0.5, 0.6) is 0 Å². The Morgan fingerprint density at radius 3 is 2.67 bits per heavy atom. The molecule has 2 N–H and O–H groups in total. The van der Waals surface area contributed by atoms with Gasteiger partial charge in [-0.25, -0.2) is 9.97 Å². The summed E-state index contributed by atoms with van der Waals surface area (Å²) in [5.74, 6) is 0.758. The number of nitrogens with zero attached hydrogens (tertiary/aromatic N) is 3. The minimum atomic E-state index is -1.14. The van der Waals surface area contributed by atoms with Gasteiger partial charge in [0.05, 0.1) is 18.8 Å². The van der Waals surface area contributed by atoms with Crippen LogP contribution in [0.1, 0.15) is 56.5 Å². The fourth-order valence-electron chi connectivity index (χ4n) is 4.66. The molecule has 0 amide bonds. The second kappa shape index (κ2) is 8.39. The lowest BCUT2D eigenvalue weighted by molar-refractivity contribution is 0.175. The molecule has 1 aromatic carbocycles. The zero-order valence-corrected chi connectivity index (χ0v) is 20.1. The maximum atomic E-state index is 13.0. The molecule has 1 aliphatic carbocycles. The van der Waals surface area contributed by atoms with E-state index in [1.807, 2.05) is 20.8 Å². The summed E-state index contributed by atoms with van der Waals surface area (Å²) in [7, 11) is 0. The Balaban J connectivity index is 1.58. The number of hydrogen-bond acceptors (Lipinski definition) is 6. The van der Waals surface area contributed by atoms with E-state index >= 15 is 0 Å². The van der Waals surface area contributed by atoms with Crippen LogP contribution >= 0.6 is 15.9 Å². The van der Waals surface area contributed by atoms with E-state index in [0.29, 0.717) is 10.3 Å². The molecule has 1 saturated heterocycles. The number of anilines is 1. The number of rotatable bonds is 4. The van der Waals surface area contributed by atoms with Gasteiger partial charge in [0, 0.05) is 29.9 Å². The fourth-order valence-corrected chi connectivity index (χ4v) is 5.92. The molecular weight excluding hydrogens is 464 g/mol. The Bertz CT molecular complexity index is 912. The minimum absolute atomic E-state index is 0.0310. The van der Waals surface area contributed by atoms with Gasteiger partial charge in [0.1, 0.15) is 15.0 Å². The largest absolute Gasteiger partial charge is 0.598 e. The van der Waals surface area contributed by atoms with Crippen molar-refractivity contribution >= 4 is 33.1 Å². The summed E-state index contributed by atoms with van der Waals surface area (Å²) in [6, 6.07) is 8.62. The Morgan fingerprint density at radius 2 is 2.00 bits per heavy atom. The van der Waals surface area contributed by atoms with Crippen LogP contribution in [-0.4, -0.2) is 37.5 Å². The van der Waals surface area contributed by atoms with Crippen molar-refractivity contribution in [3.63, 3.8) is 0 Å². The van der Waals surface area contributed by atoms with Crippen LogP contribution in [0.2, 0.25) is 0 Å². The van der Waals surface area contributed by atoms with E-state index in [0.717, 1.165) is 38.2 Å². The van der Waals surface area contributed by atoms with Crippen molar-refractivity contribution in [1.29, 1.82) is 0 Å². The highest BCUT2D eigenvalue weighted by Crippen LogP contribution is 2.52. The van der Waals surface area contributed by atoms with E-state index in [-0.39, 0.29) is 22.8 Å². The summed E-state index contributed by atoms with van der Waals surface area (Å²) in [6.45, 7) is 7.55. The third-order valence-corrected chi connectivity index (χ3v) is 8.25. The van der Waals surface area contributed by atoms with Gasteiger partial charge in [0.25, 0.3) is 0 Å². The second-order valence-corrected chi connectivity index (χ2v) is 12.1. The molecule has 1 spiro atoms. The topological polar surface area (TPSA) is 84.3 Å². The molecule has 1 fully saturated rings. The molecule has 0 bridgehead atoms. The molecule has 8 heteroatoms. The van der Waals surface area contributed by atoms with Crippen LogP contribution in [0.25, 0.3) is 0 Å². The summed E-state index contributed by atoms with van der Waals surface area (Å²) in [5, 5.41) is 9.72. The average molecular weight is 493 g/mol. The van der Waals surface area contributed by atoms with Gasteiger partial charge < -0.3 is 14.6 Å². The molecular formula is C22H29BrN4O2S. The quantitative estimate of drug-likeness (QED) is 0.633. The standard InChI is InChI=1S/C22H29BrN4O2S/c1-21(2,3)30(29)26-19-16-7-5-4-6-15(16)12-22(19)8-10-27(11-9-22)20-17(14-28)25-18(23)13-24-20/h4-7,13,19,26,28H,8-12,14H2,1-3H3/t19?,30-/m1/s1. The number of nitrogens with one attached hydrogen (secondary N) is 1. The van der Waals surface area contributed by atoms with Crippen LogP contribution in [0.15, 0.2) is 35.1 Å². The lowest BCUT2D eigenvalue weighted by Gasteiger charge is -2.44. The van der Waals surface area contributed by atoms with E-state index in [1.54, 1.807) is 6.20 Å². The van der Waals surface area contributed by atoms with Crippen molar-refractivity contribution in [2.75, 3.05) is 18.0 Å². The van der Waals surface area contributed by atoms with Gasteiger partial charge in [-0.3, -0.25) is 0 Å². The summed E-state index contributed by atoms with van der Waals surface area (Å²) in [6.07, 6.45) is 4.60. The number of halogens is 1. The van der Waals surface area contributed by atoms with E-state index in [4.69, 9.17) is 0 Å². The summed E-state index contributed by atoms with van der Waals surface area (Å²) in [4.78, 5) is 11.1. The first-order chi connectivity index (χ1) is 14.2. The predicted molar refractivity (Wildman–Crippen MR) is 123 cm³/mol. The van der Waals surface area contributed by atoms with Gasteiger partial charge in [-0.15, -0.1) is 4.72 Å². The Morgan fingerprint density at radius 1 is 1.30 bits per heavy atom. The van der Waals surface area contributed by atoms with Gasteiger partial charge in [-0.1, -0.05) is 24.3 Å². The van der Waals surface area contributed by atoms with Crippen LogP contribution in [0, 0.1) is 5.41 Å². The first-order valence-electron chi connectivity index (χ1n) is 10.4. The maximum Gasteiger partial charge on any atom is 0.152 e. The molecule has 162 valence electrons. The smallest absolute Gasteiger partial charge is 0.152 e. The van der Waals surface area contributed by atoms with Crippen LogP contribution in [0.4, 0.5) is 5.82 Å². The SMILES string of the molecule is CC(C)(C)[S@@+]([O-])NC1c2ccccc2CC12CCN(c1ncc(Br)nc1CO)CC2. The molecule has 0 radical (unpaired) electrons. The van der Waals surface area contributed by atoms with Gasteiger partial charge in [-0.05, 0) is 67.1 Å². The molecule has 1 aliphatic heterocycles. The van der Waals surface area contributed by atoms with Crippen molar-refractivity contribution < 1.29 is 9.66 Å². The molecule has 1 aromatic heterocycles. The molecule has 2 atom stereocenters. The Hall–Kier alpha value is -1.19. The number of fused-ring (bicyclic) bond motifs is 1. The van der Waals surface area contributed by atoms with E-state index < -0.39 is 11.4 Å². The first kappa shape index (κ1) is 22.0. The monoisotopic (exact) mass is 492 g/mol. The molecule has 6 nitrogen and oxygen atoms in total. The molecule has 2 aliphatic rings. The number of piperidine rings is 1. The zero-order valence-electron chi connectivity index (χ0n) is 17.7. The average Bonchev–Trinajstić information content (AvgIpc) is 3.01. The van der Waals surface area contributed by atoms with E-state index in [2.05, 4.69) is 59.8 Å². The van der Waals surface area contributed by atoms with Gasteiger partial charge in [-0.2, -0.15) is 0 Å². The van der Waals surface area contributed by atoms with Crippen molar-refractivity contribution in [1.82, 2.24) is 14.7 Å². The highest BCUT2D eigenvalue weighted by molar-refractivity contribution is 9.10. The molecule has 0 saturated carbocycles. The van der Waals surface area contributed by atoms with Crippen LogP contribution in [0.3, 0.4) is 0 Å². The highest BCUT2D eigenvalue weighted by Gasteiger charge is 2.50. The lowest BCUT2D eigenvalue weighted by Crippen LogP contribution is -2.50. The number of hydrogen-bond donors (Lipinski definition) is 2. The minimum Gasteiger partial charge on any atom is -0.598 e. The van der Waals surface area contributed by atoms with Crippen molar-refractivity contribution in [2.45, 2.75) is 57.4 Å². The van der Waals surface area contributed by atoms with Gasteiger partial charge in [0.2, 0.25) is 0 Å². The van der Waals surface area contributed by atoms with Crippen molar-refractivity contribution in [2.24, 2.45) is 5.41 Å². The number of aliphatic hydroxyl groups excluding tert-OH is 1. The third-order valence-electron chi connectivity index (χ3n) is 6.30. The van der Waals surface area contributed by atoms with Crippen molar-refractivity contribution in [3.8, 4) is 0 Å². The summed E-state index contributed by atoms with van der Waals surface area (Å²) in [5.41, 5.74) is 3.26. The molecule has 4 rings (SSSR count). The fraction of sp³-hybridized carbons (Fsp3) is 0.545. The van der Waals surface area contributed by atoms with E-state index in [9.17, 15) is 9.66 Å². The lowest BCUT2D eigenvalue weighted by atomic mass is 9.73. The van der Waals surface area contributed by atoms with Gasteiger partial charge in [0.15, 0.2) is 5.82 Å². The number of aliphatic hydroxyl groups is 1. The zero-order chi connectivity index (χ0) is 21.5. The molecule has 1 unspecified atom stereocenters. The molecule has 30 heavy (non-hydrogen) atoms. The Kier molecular flexibility index (Phi) is 6.16. The first-order valence-corrected chi connectivity index (χ1v) is 12.3. The second-order valence-electron chi connectivity index (χ2n) is 9.28. The van der Waals surface area contributed by atoms with Gasteiger partial charge >= 0.3 is 0 Å².